The first-order chi connectivity index (χ1) is 16.0. The Morgan fingerprint density at radius 1 is 1.09 bits per heavy atom. The highest BCUT2D eigenvalue weighted by atomic mass is 35.5. The lowest BCUT2D eigenvalue weighted by molar-refractivity contribution is -0.178. The van der Waals surface area contributed by atoms with Gasteiger partial charge in [0.25, 0.3) is 0 Å². The molecule has 178 valence electrons. The van der Waals surface area contributed by atoms with E-state index in [9.17, 15) is 14.4 Å². The summed E-state index contributed by atoms with van der Waals surface area (Å²) in [5, 5.41) is 0.983. The molecule has 0 N–H and O–H groups in total. The van der Waals surface area contributed by atoms with Crippen molar-refractivity contribution in [2.24, 2.45) is 5.92 Å². The van der Waals surface area contributed by atoms with Crippen LogP contribution in [0.4, 0.5) is 0 Å². The fourth-order valence-corrected chi connectivity index (χ4v) is 4.19. The maximum atomic E-state index is 13.1. The van der Waals surface area contributed by atoms with Crippen molar-refractivity contribution in [1.29, 1.82) is 0 Å². The van der Waals surface area contributed by atoms with Gasteiger partial charge in [-0.1, -0.05) is 31.5 Å². The summed E-state index contributed by atoms with van der Waals surface area (Å²) in [4.78, 5) is 37.9. The molecule has 0 saturated heterocycles. The fourth-order valence-electron chi connectivity index (χ4n) is 4.00. The number of esters is 2. The lowest BCUT2D eigenvalue weighted by Gasteiger charge is -2.43. The molecule has 2 heterocycles. The molecule has 0 unspecified atom stereocenters. The molecule has 2 aromatic carbocycles. The van der Waals surface area contributed by atoms with E-state index in [1.54, 1.807) is 50.2 Å². The molecule has 0 bridgehead atoms. The molecular formula is C26H25ClO7. The summed E-state index contributed by atoms with van der Waals surface area (Å²) in [6.07, 6.45) is -1.93. The Labute approximate surface area is 201 Å². The zero-order valence-corrected chi connectivity index (χ0v) is 20.0. The highest BCUT2D eigenvalue weighted by Crippen LogP contribution is 2.46. The normalized spacial score (nSPS) is 18.8. The average molecular weight is 485 g/mol. The second kappa shape index (κ2) is 9.14. The van der Waals surface area contributed by atoms with Crippen molar-refractivity contribution in [3.8, 4) is 5.75 Å². The van der Waals surface area contributed by atoms with Gasteiger partial charge >= 0.3 is 17.6 Å². The van der Waals surface area contributed by atoms with Gasteiger partial charge < -0.3 is 18.6 Å². The first-order valence-corrected chi connectivity index (χ1v) is 11.3. The van der Waals surface area contributed by atoms with Crippen LogP contribution in [0.15, 0.2) is 57.7 Å². The van der Waals surface area contributed by atoms with Crippen molar-refractivity contribution in [1.82, 2.24) is 0 Å². The van der Waals surface area contributed by atoms with Crippen molar-refractivity contribution in [3.05, 3.63) is 75.1 Å². The molecule has 3 aromatic rings. The third-order valence-electron chi connectivity index (χ3n) is 5.53. The van der Waals surface area contributed by atoms with Crippen molar-refractivity contribution >= 4 is 34.5 Å². The number of fused-ring (bicyclic) bond motifs is 3. The van der Waals surface area contributed by atoms with Crippen LogP contribution in [0.1, 0.15) is 56.1 Å². The maximum absolute atomic E-state index is 13.1. The third kappa shape index (κ3) is 4.80. The van der Waals surface area contributed by atoms with E-state index in [0.29, 0.717) is 21.7 Å². The van der Waals surface area contributed by atoms with Crippen LogP contribution in [0.2, 0.25) is 5.02 Å². The smallest absolute Gasteiger partial charge is 0.338 e. The highest BCUT2D eigenvalue weighted by molar-refractivity contribution is 6.30. The predicted octanol–water partition coefficient (Wildman–Crippen LogP) is 5.47. The van der Waals surface area contributed by atoms with E-state index >= 15 is 0 Å². The number of hydrogen-bond donors (Lipinski definition) is 0. The Kier molecular flexibility index (Phi) is 6.41. The Morgan fingerprint density at radius 3 is 2.53 bits per heavy atom. The van der Waals surface area contributed by atoms with Gasteiger partial charge in [-0.15, -0.1) is 0 Å². The molecule has 0 aliphatic carbocycles. The van der Waals surface area contributed by atoms with Gasteiger partial charge in [0.05, 0.1) is 11.1 Å². The van der Waals surface area contributed by atoms with Crippen LogP contribution in [-0.2, 0) is 14.3 Å². The summed E-state index contributed by atoms with van der Waals surface area (Å²) in [6.45, 7) is 7.29. The summed E-state index contributed by atoms with van der Waals surface area (Å²) >= 11 is 6.05. The van der Waals surface area contributed by atoms with E-state index in [-0.39, 0.29) is 23.5 Å². The minimum Gasteiger partial charge on any atom is -0.483 e. The number of carbonyl (C=O) groups is 2. The van der Waals surface area contributed by atoms with Crippen LogP contribution in [0.5, 0.6) is 5.75 Å². The third-order valence-corrected chi connectivity index (χ3v) is 5.77. The van der Waals surface area contributed by atoms with E-state index in [2.05, 4.69) is 0 Å². The van der Waals surface area contributed by atoms with Gasteiger partial charge in [0.15, 0.2) is 12.2 Å². The number of hydrogen-bond acceptors (Lipinski definition) is 7. The summed E-state index contributed by atoms with van der Waals surface area (Å²) in [6, 6.07) is 12.7. The molecule has 34 heavy (non-hydrogen) atoms. The van der Waals surface area contributed by atoms with Crippen molar-refractivity contribution in [3.63, 3.8) is 0 Å². The summed E-state index contributed by atoms with van der Waals surface area (Å²) < 4.78 is 23.4. The number of rotatable bonds is 5. The molecule has 1 aromatic heterocycles. The molecule has 0 saturated carbocycles. The zero-order valence-electron chi connectivity index (χ0n) is 19.3. The van der Waals surface area contributed by atoms with E-state index in [0.717, 1.165) is 0 Å². The van der Waals surface area contributed by atoms with Crippen LogP contribution < -0.4 is 10.4 Å². The monoisotopic (exact) mass is 484 g/mol. The van der Waals surface area contributed by atoms with Crippen LogP contribution in [0.3, 0.4) is 0 Å². The molecule has 0 amide bonds. The van der Waals surface area contributed by atoms with Crippen LogP contribution >= 0.6 is 11.6 Å². The molecule has 1 aliphatic heterocycles. The Bertz CT molecular complexity index is 1310. The molecule has 8 heteroatoms. The van der Waals surface area contributed by atoms with Gasteiger partial charge in [0.1, 0.15) is 16.9 Å². The van der Waals surface area contributed by atoms with E-state index in [4.69, 9.17) is 30.2 Å². The molecule has 0 fully saturated rings. The Balaban J connectivity index is 1.85. The van der Waals surface area contributed by atoms with Crippen LogP contribution in [0, 0.1) is 5.92 Å². The fraction of sp³-hybridized carbons (Fsp3) is 0.346. The number of halogens is 1. The molecule has 1 aliphatic rings. The summed E-state index contributed by atoms with van der Waals surface area (Å²) in [5.74, 6) is -0.687. The van der Waals surface area contributed by atoms with Crippen molar-refractivity contribution in [2.45, 2.75) is 51.9 Å². The topological polar surface area (TPSA) is 92.0 Å². The standard InChI is InChI=1S/C26H25ClO7/c1-14(2)12-20(29)32-24-23(33-25(30)16-6-5-7-17(27)13-16)21-18(34-26(24,3)4)10-8-15-9-11-19(28)31-22(15)21/h5-11,13-14,23-24H,12H2,1-4H3/t23-,24+/m0/s1. The van der Waals surface area contributed by atoms with Gasteiger partial charge in [0, 0.05) is 22.9 Å². The molecule has 2 atom stereocenters. The minimum absolute atomic E-state index is 0.0683. The van der Waals surface area contributed by atoms with E-state index < -0.39 is 35.4 Å². The van der Waals surface area contributed by atoms with Gasteiger partial charge in [-0.05, 0) is 56.2 Å². The van der Waals surface area contributed by atoms with Gasteiger partial charge in [-0.25, -0.2) is 9.59 Å². The summed E-state index contributed by atoms with van der Waals surface area (Å²) in [5.41, 5.74) is -0.866. The van der Waals surface area contributed by atoms with E-state index in [1.165, 1.54) is 12.1 Å². The second-order valence-corrected chi connectivity index (χ2v) is 9.64. The first-order valence-electron chi connectivity index (χ1n) is 11.0. The molecule has 0 radical (unpaired) electrons. The highest BCUT2D eigenvalue weighted by Gasteiger charge is 2.50. The number of carbonyl (C=O) groups excluding carboxylic acids is 2. The van der Waals surface area contributed by atoms with Gasteiger partial charge in [-0.3, -0.25) is 4.79 Å². The quantitative estimate of drug-likeness (QED) is 0.350. The molecule has 4 rings (SSSR count). The zero-order chi connectivity index (χ0) is 24.6. The maximum Gasteiger partial charge on any atom is 0.338 e. The van der Waals surface area contributed by atoms with Crippen LogP contribution in [0.25, 0.3) is 11.0 Å². The lowest BCUT2D eigenvalue weighted by atomic mass is 9.87. The summed E-state index contributed by atoms with van der Waals surface area (Å²) in [7, 11) is 0. The van der Waals surface area contributed by atoms with Crippen molar-refractivity contribution in [2.75, 3.05) is 0 Å². The SMILES string of the molecule is CC(C)CC(=O)O[C@@H]1[C@@H](OC(=O)c2cccc(Cl)c2)c2c(ccc3ccc(=O)oc23)OC1(C)C. The second-order valence-electron chi connectivity index (χ2n) is 9.20. The number of benzene rings is 2. The minimum atomic E-state index is -1.10. The molecule has 7 nitrogen and oxygen atoms in total. The van der Waals surface area contributed by atoms with E-state index in [1.807, 2.05) is 13.8 Å². The van der Waals surface area contributed by atoms with Crippen molar-refractivity contribution < 1.29 is 28.2 Å². The predicted molar refractivity (Wildman–Crippen MR) is 126 cm³/mol. The van der Waals surface area contributed by atoms with Crippen LogP contribution in [-0.4, -0.2) is 23.6 Å². The largest absolute Gasteiger partial charge is 0.483 e. The molecule has 0 spiro atoms. The average Bonchev–Trinajstić information content (AvgIpc) is 2.74. The van der Waals surface area contributed by atoms with Gasteiger partial charge in [-0.2, -0.15) is 0 Å². The Morgan fingerprint density at radius 2 is 1.82 bits per heavy atom. The number of ether oxygens (including phenoxy) is 3. The first kappa shape index (κ1) is 23.8. The Hall–Kier alpha value is -3.32. The van der Waals surface area contributed by atoms with Gasteiger partial charge in [0.2, 0.25) is 0 Å². The molecular weight excluding hydrogens is 460 g/mol. The lowest BCUT2D eigenvalue weighted by Crippen LogP contribution is -2.52.